The van der Waals surface area contributed by atoms with Gasteiger partial charge in [0.05, 0.1) is 19.0 Å². The molecule has 0 radical (unpaired) electrons. The summed E-state index contributed by atoms with van der Waals surface area (Å²) in [7, 11) is 5.57. The molecule has 1 amide bonds. The molecule has 0 spiro atoms. The highest BCUT2D eigenvalue weighted by atomic mass is 16.5. The third-order valence-corrected chi connectivity index (χ3v) is 3.67. The maximum Gasteiger partial charge on any atom is 0.262 e. The van der Waals surface area contributed by atoms with Crippen LogP contribution < -0.4 is 20.4 Å². The van der Waals surface area contributed by atoms with Crippen molar-refractivity contribution in [2.45, 2.75) is 13.0 Å². The quantitative estimate of drug-likeness (QED) is 0.601. The molecule has 2 aromatic rings. The monoisotopic (exact) mass is 340 g/mol. The number of nitrogens with zero attached hydrogens (tertiary/aromatic N) is 2. The fourth-order valence-corrected chi connectivity index (χ4v) is 2.19. The van der Waals surface area contributed by atoms with E-state index in [9.17, 15) is 4.79 Å². The molecule has 0 aromatic heterocycles. The van der Waals surface area contributed by atoms with Crippen molar-refractivity contribution in [3.05, 3.63) is 54.1 Å². The van der Waals surface area contributed by atoms with E-state index in [4.69, 9.17) is 4.74 Å². The molecule has 6 heteroatoms. The topological polar surface area (TPSA) is 66.0 Å². The number of benzene rings is 2. The second-order valence-electron chi connectivity index (χ2n) is 5.79. The predicted octanol–water partition coefficient (Wildman–Crippen LogP) is 2.71. The molecular weight excluding hydrogens is 316 g/mol. The minimum absolute atomic E-state index is 0.230. The van der Waals surface area contributed by atoms with Crippen LogP contribution in [0.4, 0.5) is 11.4 Å². The van der Waals surface area contributed by atoms with Crippen molar-refractivity contribution in [2.24, 2.45) is 5.10 Å². The van der Waals surface area contributed by atoms with Crippen LogP contribution in [0.25, 0.3) is 0 Å². The summed E-state index contributed by atoms with van der Waals surface area (Å²) in [4.78, 5) is 14.2. The average molecular weight is 340 g/mol. The molecule has 1 unspecified atom stereocenters. The Hall–Kier alpha value is -3.02. The van der Waals surface area contributed by atoms with Gasteiger partial charge in [0.15, 0.2) is 0 Å². The van der Waals surface area contributed by atoms with Crippen molar-refractivity contribution in [2.75, 3.05) is 31.4 Å². The first-order valence-corrected chi connectivity index (χ1v) is 8.01. The summed E-state index contributed by atoms with van der Waals surface area (Å²) in [5.41, 5.74) is 5.32. The molecule has 0 fully saturated rings. The van der Waals surface area contributed by atoms with Gasteiger partial charge in [0.2, 0.25) is 0 Å². The number of para-hydroxylation sites is 2. The summed E-state index contributed by atoms with van der Waals surface area (Å²) in [6.07, 6.45) is 1.62. The Balaban J connectivity index is 1.90. The fourth-order valence-electron chi connectivity index (χ4n) is 2.19. The van der Waals surface area contributed by atoms with Gasteiger partial charge in [-0.05, 0) is 36.8 Å². The van der Waals surface area contributed by atoms with Crippen LogP contribution in [0.5, 0.6) is 5.75 Å². The van der Waals surface area contributed by atoms with Crippen LogP contribution in [0, 0.1) is 0 Å². The maximum atomic E-state index is 12.1. The van der Waals surface area contributed by atoms with E-state index in [0.29, 0.717) is 5.75 Å². The van der Waals surface area contributed by atoms with Crippen molar-refractivity contribution in [1.29, 1.82) is 0 Å². The summed E-state index contributed by atoms with van der Waals surface area (Å²) >= 11 is 0. The summed E-state index contributed by atoms with van der Waals surface area (Å²) in [5.74, 6) is 0.457. The molecule has 25 heavy (non-hydrogen) atoms. The fraction of sp³-hybridized carbons (Fsp3) is 0.263. The summed E-state index contributed by atoms with van der Waals surface area (Å²) < 4.78 is 5.26. The smallest absolute Gasteiger partial charge is 0.262 e. The highest BCUT2D eigenvalue weighted by Crippen LogP contribution is 2.23. The zero-order valence-corrected chi connectivity index (χ0v) is 15.0. The van der Waals surface area contributed by atoms with E-state index in [-0.39, 0.29) is 5.91 Å². The molecule has 6 nitrogen and oxygen atoms in total. The van der Waals surface area contributed by atoms with Crippen molar-refractivity contribution in [1.82, 2.24) is 5.43 Å². The van der Waals surface area contributed by atoms with Gasteiger partial charge >= 0.3 is 0 Å². The Kier molecular flexibility index (Phi) is 6.39. The highest BCUT2D eigenvalue weighted by molar-refractivity contribution is 5.87. The largest absolute Gasteiger partial charge is 0.495 e. The van der Waals surface area contributed by atoms with Crippen LogP contribution in [0.3, 0.4) is 0 Å². The number of methoxy groups -OCH3 is 1. The van der Waals surface area contributed by atoms with Crippen molar-refractivity contribution >= 4 is 23.5 Å². The number of hydrogen-bond acceptors (Lipinski definition) is 5. The van der Waals surface area contributed by atoms with Crippen LogP contribution in [-0.4, -0.2) is 39.4 Å². The Labute approximate surface area is 148 Å². The van der Waals surface area contributed by atoms with E-state index in [2.05, 4.69) is 15.8 Å². The number of ether oxygens (including phenoxy) is 1. The second-order valence-corrected chi connectivity index (χ2v) is 5.79. The van der Waals surface area contributed by atoms with Gasteiger partial charge < -0.3 is 15.0 Å². The molecule has 0 heterocycles. The van der Waals surface area contributed by atoms with Crippen LogP contribution in [0.1, 0.15) is 12.5 Å². The number of amides is 1. The van der Waals surface area contributed by atoms with Crippen LogP contribution >= 0.6 is 0 Å². The van der Waals surface area contributed by atoms with Crippen molar-refractivity contribution < 1.29 is 9.53 Å². The Bertz CT molecular complexity index is 726. The van der Waals surface area contributed by atoms with E-state index in [1.54, 1.807) is 20.2 Å². The number of rotatable bonds is 7. The normalized spacial score (nSPS) is 11.8. The van der Waals surface area contributed by atoms with Crippen LogP contribution in [-0.2, 0) is 4.79 Å². The number of anilines is 2. The van der Waals surface area contributed by atoms with Gasteiger partial charge in [-0.1, -0.05) is 24.3 Å². The first kappa shape index (κ1) is 18.3. The van der Waals surface area contributed by atoms with E-state index in [0.717, 1.165) is 16.9 Å². The molecule has 132 valence electrons. The van der Waals surface area contributed by atoms with Gasteiger partial charge in [0.1, 0.15) is 11.8 Å². The minimum atomic E-state index is -0.454. The van der Waals surface area contributed by atoms with Crippen LogP contribution in [0.15, 0.2) is 53.6 Å². The SMILES string of the molecule is COc1ccccc1NC(C)C(=O)NN=Cc1ccc(N(C)C)cc1. The standard InChI is InChI=1S/C19H24N4O2/c1-14(21-17-7-5-6-8-18(17)25-4)19(24)22-20-13-15-9-11-16(12-10-15)23(2)3/h5-14,21H,1-4H3,(H,22,24). The lowest BCUT2D eigenvalue weighted by atomic mass is 10.2. The molecular formula is C19H24N4O2. The number of hydrogen-bond donors (Lipinski definition) is 2. The summed E-state index contributed by atoms with van der Waals surface area (Å²) in [6, 6.07) is 14.9. The first-order chi connectivity index (χ1) is 12.0. The van der Waals surface area contributed by atoms with E-state index in [1.807, 2.05) is 67.5 Å². The third kappa shape index (κ3) is 5.24. The molecule has 0 aliphatic heterocycles. The van der Waals surface area contributed by atoms with Crippen LogP contribution in [0.2, 0.25) is 0 Å². The van der Waals surface area contributed by atoms with Crippen molar-refractivity contribution in [3.63, 3.8) is 0 Å². The van der Waals surface area contributed by atoms with Gasteiger partial charge in [0, 0.05) is 19.8 Å². The lowest BCUT2D eigenvalue weighted by Crippen LogP contribution is -2.35. The van der Waals surface area contributed by atoms with Gasteiger partial charge in [0.25, 0.3) is 5.91 Å². The Morgan fingerprint density at radius 3 is 2.48 bits per heavy atom. The second kappa shape index (κ2) is 8.73. The Morgan fingerprint density at radius 1 is 1.16 bits per heavy atom. The Morgan fingerprint density at radius 2 is 1.84 bits per heavy atom. The highest BCUT2D eigenvalue weighted by Gasteiger charge is 2.13. The molecule has 0 aliphatic rings. The van der Waals surface area contributed by atoms with E-state index in [1.165, 1.54) is 0 Å². The minimum Gasteiger partial charge on any atom is -0.495 e. The molecule has 2 N–H and O–H groups in total. The average Bonchev–Trinajstić information content (AvgIpc) is 2.62. The summed E-state index contributed by atoms with van der Waals surface area (Å²) in [5, 5.41) is 7.13. The molecule has 2 rings (SSSR count). The predicted molar refractivity (Wildman–Crippen MR) is 103 cm³/mol. The molecule has 0 bridgehead atoms. The van der Waals surface area contributed by atoms with Gasteiger partial charge in [-0.15, -0.1) is 0 Å². The molecule has 1 atom stereocenters. The van der Waals surface area contributed by atoms with Gasteiger partial charge in [-0.2, -0.15) is 5.10 Å². The van der Waals surface area contributed by atoms with Gasteiger partial charge in [-0.25, -0.2) is 5.43 Å². The lowest BCUT2D eigenvalue weighted by molar-refractivity contribution is -0.121. The van der Waals surface area contributed by atoms with Crippen molar-refractivity contribution in [3.8, 4) is 5.75 Å². The number of nitrogens with one attached hydrogen (secondary N) is 2. The zero-order chi connectivity index (χ0) is 18.2. The lowest BCUT2D eigenvalue weighted by Gasteiger charge is -2.15. The third-order valence-electron chi connectivity index (χ3n) is 3.67. The number of carbonyl (C=O) groups is 1. The number of carbonyl (C=O) groups excluding carboxylic acids is 1. The van der Waals surface area contributed by atoms with Gasteiger partial charge in [-0.3, -0.25) is 4.79 Å². The summed E-state index contributed by atoms with van der Waals surface area (Å²) in [6.45, 7) is 1.77. The molecule has 0 saturated carbocycles. The molecule has 2 aromatic carbocycles. The maximum absolute atomic E-state index is 12.1. The first-order valence-electron chi connectivity index (χ1n) is 8.01. The molecule has 0 aliphatic carbocycles. The zero-order valence-electron chi connectivity index (χ0n) is 15.0. The molecule has 0 saturated heterocycles. The van der Waals surface area contributed by atoms with E-state index >= 15 is 0 Å². The number of hydrazone groups is 1. The van der Waals surface area contributed by atoms with E-state index < -0.39 is 6.04 Å².